The van der Waals surface area contributed by atoms with Crippen molar-refractivity contribution in [1.82, 2.24) is 4.90 Å². The highest BCUT2D eigenvalue weighted by Crippen LogP contribution is 2.37. The molecule has 3 nitrogen and oxygen atoms in total. The molecule has 1 aliphatic carbocycles. The summed E-state index contributed by atoms with van der Waals surface area (Å²) in [6.45, 7) is 7.06. The maximum absolute atomic E-state index is 6.11. The van der Waals surface area contributed by atoms with Gasteiger partial charge in [0.25, 0.3) is 0 Å². The minimum Gasteiger partial charge on any atom is -0.379 e. The van der Waals surface area contributed by atoms with Crippen molar-refractivity contribution in [3.8, 4) is 0 Å². The molecular formula is C14H28N2O. The normalized spacial score (nSPS) is 36.0. The fraction of sp³-hybridized carbons (Fsp3) is 1.00. The first-order valence-corrected chi connectivity index (χ1v) is 7.33. The maximum Gasteiger partial charge on any atom is 0.0594 e. The monoisotopic (exact) mass is 240 g/mol. The predicted octanol–water partition coefficient (Wildman–Crippen LogP) is 2.01. The van der Waals surface area contributed by atoms with E-state index in [1.165, 1.54) is 38.5 Å². The van der Waals surface area contributed by atoms with Crippen LogP contribution in [0.1, 0.15) is 45.4 Å². The number of hydrogen-bond acceptors (Lipinski definition) is 3. The number of hydrogen-bond donors (Lipinski definition) is 1. The molecule has 0 spiro atoms. The highest BCUT2D eigenvalue weighted by molar-refractivity contribution is 4.96. The molecule has 2 N–H and O–H groups in total. The molecular weight excluding hydrogens is 212 g/mol. The van der Waals surface area contributed by atoms with E-state index >= 15 is 0 Å². The second-order valence-corrected chi connectivity index (χ2v) is 5.76. The van der Waals surface area contributed by atoms with E-state index in [1.54, 1.807) is 0 Å². The van der Waals surface area contributed by atoms with Gasteiger partial charge in [-0.2, -0.15) is 0 Å². The summed E-state index contributed by atoms with van der Waals surface area (Å²) in [5, 5.41) is 0. The average molecular weight is 240 g/mol. The standard InChI is InChI=1S/C14H28N2O/c1-2-3-13-4-6-14(12-15,7-5-13)16-8-10-17-11-9-16/h13H,2-12,15H2,1H3. The summed E-state index contributed by atoms with van der Waals surface area (Å²) >= 11 is 0. The molecule has 0 atom stereocenters. The van der Waals surface area contributed by atoms with Crippen LogP contribution in [0, 0.1) is 5.92 Å². The molecule has 0 aromatic carbocycles. The molecule has 1 saturated carbocycles. The number of nitrogens with two attached hydrogens (primary N) is 1. The molecule has 0 radical (unpaired) electrons. The van der Waals surface area contributed by atoms with Crippen LogP contribution < -0.4 is 5.73 Å². The molecule has 17 heavy (non-hydrogen) atoms. The summed E-state index contributed by atoms with van der Waals surface area (Å²) in [6, 6.07) is 0. The third-order valence-corrected chi connectivity index (χ3v) is 4.79. The Kier molecular flexibility index (Phi) is 4.83. The highest BCUT2D eigenvalue weighted by atomic mass is 16.5. The zero-order valence-corrected chi connectivity index (χ0v) is 11.3. The van der Waals surface area contributed by atoms with E-state index in [0.717, 1.165) is 38.8 Å². The molecule has 0 unspecified atom stereocenters. The maximum atomic E-state index is 6.11. The van der Waals surface area contributed by atoms with Crippen molar-refractivity contribution in [1.29, 1.82) is 0 Å². The van der Waals surface area contributed by atoms with Crippen molar-refractivity contribution >= 4 is 0 Å². The molecule has 1 aliphatic heterocycles. The van der Waals surface area contributed by atoms with Crippen molar-refractivity contribution in [2.45, 2.75) is 51.0 Å². The summed E-state index contributed by atoms with van der Waals surface area (Å²) in [7, 11) is 0. The Morgan fingerprint density at radius 1 is 1.24 bits per heavy atom. The van der Waals surface area contributed by atoms with Crippen LogP contribution in [0.2, 0.25) is 0 Å². The van der Waals surface area contributed by atoms with Crippen LogP contribution in [0.3, 0.4) is 0 Å². The van der Waals surface area contributed by atoms with Gasteiger partial charge < -0.3 is 10.5 Å². The first-order valence-electron chi connectivity index (χ1n) is 7.33. The lowest BCUT2D eigenvalue weighted by Crippen LogP contribution is -2.58. The largest absolute Gasteiger partial charge is 0.379 e. The van der Waals surface area contributed by atoms with Crippen molar-refractivity contribution in [3.63, 3.8) is 0 Å². The zero-order valence-electron chi connectivity index (χ0n) is 11.3. The van der Waals surface area contributed by atoms with Gasteiger partial charge in [-0.3, -0.25) is 4.90 Å². The van der Waals surface area contributed by atoms with E-state index in [9.17, 15) is 0 Å². The number of rotatable bonds is 4. The molecule has 3 heteroatoms. The fourth-order valence-electron chi connectivity index (χ4n) is 3.60. The highest BCUT2D eigenvalue weighted by Gasteiger charge is 2.39. The van der Waals surface area contributed by atoms with Gasteiger partial charge in [-0.15, -0.1) is 0 Å². The van der Waals surface area contributed by atoms with Gasteiger partial charge in [0.1, 0.15) is 0 Å². The average Bonchev–Trinajstić information content (AvgIpc) is 2.41. The molecule has 0 amide bonds. The van der Waals surface area contributed by atoms with Gasteiger partial charge in [-0.25, -0.2) is 0 Å². The third kappa shape index (κ3) is 3.01. The Balaban J connectivity index is 1.92. The predicted molar refractivity (Wildman–Crippen MR) is 71.0 cm³/mol. The Hall–Kier alpha value is -0.120. The summed E-state index contributed by atoms with van der Waals surface area (Å²) < 4.78 is 5.46. The van der Waals surface area contributed by atoms with E-state index in [-0.39, 0.29) is 0 Å². The molecule has 1 saturated heterocycles. The second-order valence-electron chi connectivity index (χ2n) is 5.76. The fourth-order valence-corrected chi connectivity index (χ4v) is 3.60. The van der Waals surface area contributed by atoms with Crippen molar-refractivity contribution in [2.75, 3.05) is 32.8 Å². The van der Waals surface area contributed by atoms with Crippen LogP contribution in [0.5, 0.6) is 0 Å². The van der Waals surface area contributed by atoms with Crippen LogP contribution in [-0.2, 0) is 4.74 Å². The number of ether oxygens (including phenoxy) is 1. The molecule has 1 heterocycles. The minimum atomic E-state index is 0.300. The Labute approximate surface area is 106 Å². The SMILES string of the molecule is CCCC1CCC(CN)(N2CCOCC2)CC1. The van der Waals surface area contributed by atoms with Crippen LogP contribution >= 0.6 is 0 Å². The van der Waals surface area contributed by atoms with Crippen molar-refractivity contribution in [3.05, 3.63) is 0 Å². The van der Waals surface area contributed by atoms with E-state index in [0.29, 0.717) is 5.54 Å². The molecule has 0 aromatic rings. The number of nitrogens with zero attached hydrogens (tertiary/aromatic N) is 1. The van der Waals surface area contributed by atoms with Gasteiger partial charge in [0, 0.05) is 25.2 Å². The lowest BCUT2D eigenvalue weighted by Gasteiger charge is -2.49. The van der Waals surface area contributed by atoms with Crippen LogP contribution in [0.4, 0.5) is 0 Å². The van der Waals surface area contributed by atoms with Crippen LogP contribution in [-0.4, -0.2) is 43.3 Å². The van der Waals surface area contributed by atoms with E-state index in [2.05, 4.69) is 11.8 Å². The van der Waals surface area contributed by atoms with Crippen molar-refractivity contribution in [2.24, 2.45) is 11.7 Å². The topological polar surface area (TPSA) is 38.5 Å². The lowest BCUT2D eigenvalue weighted by atomic mass is 9.74. The van der Waals surface area contributed by atoms with Gasteiger partial charge in [0.2, 0.25) is 0 Å². The zero-order chi connectivity index (χ0) is 12.1. The Bertz CT molecular complexity index is 218. The smallest absolute Gasteiger partial charge is 0.0594 e. The minimum absolute atomic E-state index is 0.300. The molecule has 2 rings (SSSR count). The van der Waals surface area contributed by atoms with Gasteiger partial charge >= 0.3 is 0 Å². The van der Waals surface area contributed by atoms with Gasteiger partial charge in [-0.05, 0) is 31.6 Å². The summed E-state index contributed by atoms with van der Waals surface area (Å²) in [6.07, 6.45) is 8.09. The molecule has 0 aromatic heterocycles. The molecule has 2 aliphatic rings. The Morgan fingerprint density at radius 3 is 2.41 bits per heavy atom. The summed E-state index contributed by atoms with van der Waals surface area (Å²) in [4.78, 5) is 2.61. The first kappa shape index (κ1) is 13.3. The van der Waals surface area contributed by atoms with E-state index < -0.39 is 0 Å². The van der Waals surface area contributed by atoms with E-state index in [4.69, 9.17) is 10.5 Å². The van der Waals surface area contributed by atoms with E-state index in [1.807, 2.05) is 0 Å². The molecule has 0 bridgehead atoms. The lowest BCUT2D eigenvalue weighted by molar-refractivity contribution is -0.0393. The Morgan fingerprint density at radius 2 is 1.88 bits per heavy atom. The van der Waals surface area contributed by atoms with Crippen LogP contribution in [0.15, 0.2) is 0 Å². The molecule has 2 fully saturated rings. The van der Waals surface area contributed by atoms with Gasteiger partial charge in [-0.1, -0.05) is 19.8 Å². The number of morpholine rings is 1. The quantitative estimate of drug-likeness (QED) is 0.817. The molecule has 100 valence electrons. The third-order valence-electron chi connectivity index (χ3n) is 4.79. The second kappa shape index (κ2) is 6.17. The van der Waals surface area contributed by atoms with Crippen LogP contribution in [0.25, 0.3) is 0 Å². The van der Waals surface area contributed by atoms with Crippen molar-refractivity contribution < 1.29 is 4.74 Å². The van der Waals surface area contributed by atoms with Gasteiger partial charge in [0.15, 0.2) is 0 Å². The summed E-state index contributed by atoms with van der Waals surface area (Å²) in [5.41, 5.74) is 6.41. The summed E-state index contributed by atoms with van der Waals surface area (Å²) in [5.74, 6) is 0.959. The van der Waals surface area contributed by atoms with Gasteiger partial charge in [0.05, 0.1) is 13.2 Å². The first-order chi connectivity index (χ1) is 8.30.